The number of aliphatic hydroxyl groups excluding tert-OH is 1. The lowest BCUT2D eigenvalue weighted by molar-refractivity contribution is -0.177. The zero-order valence-corrected chi connectivity index (χ0v) is 15.1. The molecule has 0 radical (unpaired) electrons. The highest BCUT2D eigenvalue weighted by atomic mass is 16.6. The van der Waals surface area contributed by atoms with Gasteiger partial charge in [-0.05, 0) is 33.1 Å². The molecule has 1 heterocycles. The summed E-state index contributed by atoms with van der Waals surface area (Å²) in [7, 11) is 0. The molecule has 2 aliphatic carbocycles. The van der Waals surface area contributed by atoms with Gasteiger partial charge in [0.25, 0.3) is 0 Å². The molecular formula is C20H26O5. The molecule has 0 aromatic carbocycles. The third kappa shape index (κ3) is 2.65. The average molecular weight is 346 g/mol. The van der Waals surface area contributed by atoms with Crippen molar-refractivity contribution < 1.29 is 24.2 Å². The van der Waals surface area contributed by atoms with Crippen LogP contribution >= 0.6 is 0 Å². The fourth-order valence-electron chi connectivity index (χ4n) is 4.69. The molecule has 5 heteroatoms. The van der Waals surface area contributed by atoms with Gasteiger partial charge in [0.15, 0.2) is 0 Å². The van der Waals surface area contributed by atoms with Gasteiger partial charge in [0, 0.05) is 22.5 Å². The average Bonchev–Trinajstić information content (AvgIpc) is 2.84. The number of esters is 2. The topological polar surface area (TPSA) is 72.8 Å². The van der Waals surface area contributed by atoms with Crippen LogP contribution in [0.15, 0.2) is 36.0 Å². The predicted molar refractivity (Wildman–Crippen MR) is 92.4 cm³/mol. The number of hydrogen-bond acceptors (Lipinski definition) is 5. The summed E-state index contributed by atoms with van der Waals surface area (Å²) in [5, 5.41) is 10.7. The number of carbonyl (C=O) groups excluding carboxylic acids is 2. The van der Waals surface area contributed by atoms with E-state index >= 15 is 0 Å². The molecule has 0 aromatic rings. The lowest BCUT2D eigenvalue weighted by Crippen LogP contribution is -2.58. The largest absolute Gasteiger partial charge is 0.458 e. The molecule has 1 aliphatic heterocycles. The van der Waals surface area contributed by atoms with E-state index in [1.807, 2.05) is 6.92 Å². The molecule has 6 atom stereocenters. The number of ether oxygens (including phenoxy) is 2. The second kappa shape index (κ2) is 6.13. The van der Waals surface area contributed by atoms with Crippen LogP contribution in [-0.4, -0.2) is 35.4 Å². The van der Waals surface area contributed by atoms with Crippen molar-refractivity contribution in [2.45, 2.75) is 58.3 Å². The molecule has 25 heavy (non-hydrogen) atoms. The number of hydrogen-bond donors (Lipinski definition) is 1. The first-order chi connectivity index (χ1) is 11.7. The fraction of sp³-hybridized carbons (Fsp3) is 0.600. The lowest BCUT2D eigenvalue weighted by atomic mass is 9.53. The van der Waals surface area contributed by atoms with Crippen LogP contribution in [0.1, 0.15) is 40.0 Å². The van der Waals surface area contributed by atoms with E-state index in [1.54, 1.807) is 19.9 Å². The minimum atomic E-state index is -0.604. The zero-order valence-electron chi connectivity index (χ0n) is 15.1. The second-order valence-corrected chi connectivity index (χ2v) is 7.74. The first kappa shape index (κ1) is 17.9. The summed E-state index contributed by atoms with van der Waals surface area (Å²) < 4.78 is 11.3. The summed E-state index contributed by atoms with van der Waals surface area (Å²) in [6.07, 6.45) is 1.92. The Kier molecular flexibility index (Phi) is 4.40. The standard InChI is InChI=1S/C20H26O5/c1-6-10(2)18(22)25-17-15-12(4)19(23)24-13(15)9-20(5)14(21)8-7-11(3)16(17)20/h6,13-17,21H,3-4,7-9H2,1-2,5H3/b10-6+/t13-,14+,15?,16?,17-,20-/m0/s1. The van der Waals surface area contributed by atoms with Crippen LogP contribution < -0.4 is 0 Å². The van der Waals surface area contributed by atoms with Crippen LogP contribution in [0, 0.1) is 17.3 Å². The van der Waals surface area contributed by atoms with Crippen LogP contribution in [0.3, 0.4) is 0 Å². The smallest absolute Gasteiger partial charge is 0.334 e. The van der Waals surface area contributed by atoms with E-state index in [1.165, 1.54) is 0 Å². The van der Waals surface area contributed by atoms with Gasteiger partial charge in [0.1, 0.15) is 12.2 Å². The van der Waals surface area contributed by atoms with E-state index in [4.69, 9.17) is 9.47 Å². The lowest BCUT2D eigenvalue weighted by Gasteiger charge is -2.54. The van der Waals surface area contributed by atoms with Crippen LogP contribution in [0.2, 0.25) is 0 Å². The normalized spacial score (nSPS) is 41.0. The Morgan fingerprint density at radius 3 is 2.76 bits per heavy atom. The Hall–Kier alpha value is -1.88. The summed E-state index contributed by atoms with van der Waals surface area (Å²) in [6, 6.07) is 0. The number of rotatable bonds is 2. The molecule has 2 unspecified atom stereocenters. The van der Waals surface area contributed by atoms with Gasteiger partial charge >= 0.3 is 11.9 Å². The van der Waals surface area contributed by atoms with E-state index in [-0.39, 0.29) is 11.8 Å². The van der Waals surface area contributed by atoms with Crippen molar-refractivity contribution in [2.24, 2.45) is 17.3 Å². The van der Waals surface area contributed by atoms with Gasteiger partial charge in [0.2, 0.25) is 0 Å². The van der Waals surface area contributed by atoms with Crippen LogP contribution in [-0.2, 0) is 19.1 Å². The molecule has 1 saturated heterocycles. The van der Waals surface area contributed by atoms with Gasteiger partial charge in [-0.3, -0.25) is 0 Å². The highest BCUT2D eigenvalue weighted by Gasteiger charge is 2.62. The maximum Gasteiger partial charge on any atom is 0.334 e. The molecule has 3 aliphatic rings. The third-order valence-electron chi connectivity index (χ3n) is 6.30. The number of aliphatic hydroxyl groups is 1. The Balaban J connectivity index is 2.04. The molecule has 0 bridgehead atoms. The van der Waals surface area contributed by atoms with Gasteiger partial charge in [0.05, 0.1) is 12.0 Å². The SMILES string of the molecule is C=C1C(=O)O[C@H]2C[C@]3(C)C(C(=C)CC[C@H]3O)[C@@H](OC(=O)/C(C)=C/C)C12. The fourth-order valence-corrected chi connectivity index (χ4v) is 4.69. The minimum absolute atomic E-state index is 0.225. The maximum atomic E-state index is 12.4. The quantitative estimate of drug-likeness (QED) is 0.473. The van der Waals surface area contributed by atoms with Gasteiger partial charge in [-0.1, -0.05) is 31.7 Å². The molecule has 0 spiro atoms. The highest BCUT2D eigenvalue weighted by molar-refractivity contribution is 5.91. The van der Waals surface area contributed by atoms with Gasteiger partial charge < -0.3 is 14.6 Å². The van der Waals surface area contributed by atoms with Crippen LogP contribution in [0.25, 0.3) is 0 Å². The summed E-state index contributed by atoms with van der Waals surface area (Å²) in [4.78, 5) is 24.5. The Morgan fingerprint density at radius 1 is 1.44 bits per heavy atom. The predicted octanol–water partition coefficient (Wildman–Crippen LogP) is 2.70. The van der Waals surface area contributed by atoms with Crippen LogP contribution in [0.4, 0.5) is 0 Å². The molecular weight excluding hydrogens is 320 g/mol. The minimum Gasteiger partial charge on any atom is -0.458 e. The van der Waals surface area contributed by atoms with Crippen molar-refractivity contribution >= 4 is 11.9 Å². The molecule has 1 N–H and O–H groups in total. The van der Waals surface area contributed by atoms with Crippen molar-refractivity contribution in [1.29, 1.82) is 0 Å². The van der Waals surface area contributed by atoms with E-state index < -0.39 is 35.7 Å². The monoisotopic (exact) mass is 346 g/mol. The van der Waals surface area contributed by atoms with Crippen LogP contribution in [0.5, 0.6) is 0 Å². The van der Waals surface area contributed by atoms with Crippen molar-refractivity contribution in [3.05, 3.63) is 36.0 Å². The Labute approximate surface area is 148 Å². The van der Waals surface area contributed by atoms with E-state index in [0.717, 1.165) is 5.57 Å². The molecule has 3 fully saturated rings. The molecule has 136 valence electrons. The molecule has 2 saturated carbocycles. The van der Waals surface area contributed by atoms with Gasteiger partial charge in [-0.25, -0.2) is 9.59 Å². The number of allylic oxidation sites excluding steroid dienone is 1. The van der Waals surface area contributed by atoms with Gasteiger partial charge in [-0.2, -0.15) is 0 Å². The van der Waals surface area contributed by atoms with Crippen molar-refractivity contribution in [2.75, 3.05) is 0 Å². The summed E-state index contributed by atoms with van der Waals surface area (Å²) in [5.74, 6) is -1.48. The summed E-state index contributed by atoms with van der Waals surface area (Å²) in [5.41, 5.74) is 1.25. The second-order valence-electron chi connectivity index (χ2n) is 7.74. The molecule has 0 amide bonds. The van der Waals surface area contributed by atoms with E-state index in [0.29, 0.717) is 30.4 Å². The van der Waals surface area contributed by atoms with Crippen molar-refractivity contribution in [3.63, 3.8) is 0 Å². The van der Waals surface area contributed by atoms with Crippen molar-refractivity contribution in [3.8, 4) is 0 Å². The summed E-state index contributed by atoms with van der Waals surface area (Å²) in [6.45, 7) is 13.5. The first-order valence-corrected chi connectivity index (χ1v) is 8.80. The molecule has 5 nitrogen and oxygen atoms in total. The molecule has 0 aromatic heterocycles. The number of carbonyl (C=O) groups is 2. The van der Waals surface area contributed by atoms with Gasteiger partial charge in [-0.15, -0.1) is 0 Å². The first-order valence-electron chi connectivity index (χ1n) is 8.80. The third-order valence-corrected chi connectivity index (χ3v) is 6.30. The molecule has 3 rings (SSSR count). The maximum absolute atomic E-state index is 12.4. The number of fused-ring (bicyclic) bond motifs is 2. The van der Waals surface area contributed by atoms with E-state index in [2.05, 4.69) is 13.2 Å². The highest BCUT2D eigenvalue weighted by Crippen LogP contribution is 2.57. The Morgan fingerprint density at radius 2 is 2.12 bits per heavy atom. The van der Waals surface area contributed by atoms with E-state index in [9.17, 15) is 14.7 Å². The Bertz CT molecular complexity index is 676. The summed E-state index contributed by atoms with van der Waals surface area (Å²) >= 11 is 0. The van der Waals surface area contributed by atoms with Crippen molar-refractivity contribution in [1.82, 2.24) is 0 Å². The zero-order chi connectivity index (χ0) is 18.5.